The number of nitrogens with two attached hydrogens (primary N) is 3. The van der Waals surface area contributed by atoms with Gasteiger partial charge in [-0.2, -0.15) is 0 Å². The SMILES string of the molecule is CCC(C)C(NC(=O)C(CCCN=C(N)N)NC(=O)C(Cc1ccccc1)NC(=O)C(N)CO)C(=O)O. The van der Waals surface area contributed by atoms with Crippen LogP contribution in [0.5, 0.6) is 0 Å². The summed E-state index contributed by atoms with van der Waals surface area (Å²) in [6.45, 7) is 3.06. The van der Waals surface area contributed by atoms with Crippen molar-refractivity contribution in [1.82, 2.24) is 16.0 Å². The number of aliphatic imine (C=N–C) groups is 1. The van der Waals surface area contributed by atoms with E-state index in [2.05, 4.69) is 20.9 Å². The lowest BCUT2D eigenvalue weighted by molar-refractivity contribution is -0.144. The van der Waals surface area contributed by atoms with E-state index in [1.54, 1.807) is 44.2 Å². The van der Waals surface area contributed by atoms with Crippen molar-refractivity contribution in [3.63, 3.8) is 0 Å². The van der Waals surface area contributed by atoms with Crippen molar-refractivity contribution in [2.24, 2.45) is 28.1 Å². The summed E-state index contributed by atoms with van der Waals surface area (Å²) < 4.78 is 0. The molecule has 206 valence electrons. The molecule has 13 nitrogen and oxygen atoms in total. The molecule has 3 amide bonds. The maximum Gasteiger partial charge on any atom is 0.326 e. The van der Waals surface area contributed by atoms with Crippen molar-refractivity contribution >= 4 is 29.7 Å². The minimum absolute atomic E-state index is 0.0868. The zero-order chi connectivity index (χ0) is 28.0. The second-order valence-corrected chi connectivity index (χ2v) is 8.76. The highest BCUT2D eigenvalue weighted by atomic mass is 16.4. The van der Waals surface area contributed by atoms with Gasteiger partial charge in [-0.05, 0) is 24.3 Å². The van der Waals surface area contributed by atoms with Gasteiger partial charge < -0.3 is 43.4 Å². The number of aliphatic carboxylic acids is 1. The Morgan fingerprint density at radius 2 is 1.57 bits per heavy atom. The second kappa shape index (κ2) is 16.1. The van der Waals surface area contributed by atoms with E-state index in [-0.39, 0.29) is 31.3 Å². The lowest BCUT2D eigenvalue weighted by Gasteiger charge is -2.26. The van der Waals surface area contributed by atoms with Crippen LogP contribution in [0.25, 0.3) is 0 Å². The first kappa shape index (κ1) is 31.3. The van der Waals surface area contributed by atoms with E-state index in [0.29, 0.717) is 12.8 Å². The van der Waals surface area contributed by atoms with Crippen molar-refractivity contribution in [3.8, 4) is 0 Å². The lowest BCUT2D eigenvalue weighted by atomic mass is 9.98. The monoisotopic (exact) mass is 521 g/mol. The van der Waals surface area contributed by atoms with Gasteiger partial charge in [-0.25, -0.2) is 4.79 Å². The standard InChI is InChI=1S/C24H39N7O6/c1-3-14(2)19(23(36)37)31-21(34)17(10-7-11-28-24(26)27)29-22(35)18(30-20(33)16(25)13-32)12-15-8-5-4-6-9-15/h4-6,8-9,14,16-19,32H,3,7,10-13,25H2,1-2H3,(H,29,35)(H,30,33)(H,31,34)(H,36,37)(H4,26,27,28). The Hall–Kier alpha value is -3.71. The number of nitrogens with one attached hydrogen (secondary N) is 3. The Balaban J connectivity index is 3.14. The van der Waals surface area contributed by atoms with E-state index in [1.807, 2.05) is 0 Å². The Morgan fingerprint density at radius 1 is 0.973 bits per heavy atom. The summed E-state index contributed by atoms with van der Waals surface area (Å²) in [4.78, 5) is 54.3. The maximum atomic E-state index is 13.3. The quantitative estimate of drug-likeness (QED) is 0.0694. The molecule has 0 radical (unpaired) electrons. The number of hydrogen-bond donors (Lipinski definition) is 8. The van der Waals surface area contributed by atoms with E-state index in [4.69, 9.17) is 17.2 Å². The molecule has 0 bridgehead atoms. The van der Waals surface area contributed by atoms with Gasteiger partial charge >= 0.3 is 5.97 Å². The van der Waals surface area contributed by atoms with Gasteiger partial charge in [0.25, 0.3) is 0 Å². The molecule has 0 saturated carbocycles. The Bertz CT molecular complexity index is 923. The van der Waals surface area contributed by atoms with Gasteiger partial charge in [0.15, 0.2) is 5.96 Å². The Kier molecular flexibility index (Phi) is 13.6. The Labute approximate surface area is 216 Å². The van der Waals surface area contributed by atoms with Gasteiger partial charge in [0.1, 0.15) is 24.2 Å². The van der Waals surface area contributed by atoms with E-state index < -0.39 is 54.5 Å². The number of nitrogens with zero attached hydrogens (tertiary/aromatic N) is 1. The number of amides is 3. The molecule has 0 aliphatic carbocycles. The number of benzene rings is 1. The molecule has 0 saturated heterocycles. The summed E-state index contributed by atoms with van der Waals surface area (Å²) in [6, 6.07) is 4.22. The summed E-state index contributed by atoms with van der Waals surface area (Å²) in [5.74, 6) is -3.79. The molecule has 0 aliphatic rings. The summed E-state index contributed by atoms with van der Waals surface area (Å²) in [5, 5.41) is 26.4. The first-order chi connectivity index (χ1) is 17.5. The van der Waals surface area contributed by atoms with Crippen LogP contribution in [0.2, 0.25) is 0 Å². The number of carbonyl (C=O) groups is 4. The number of aliphatic hydroxyl groups is 1. The van der Waals surface area contributed by atoms with Crippen LogP contribution in [-0.2, 0) is 25.6 Å². The van der Waals surface area contributed by atoms with E-state index in [1.165, 1.54) is 0 Å². The van der Waals surface area contributed by atoms with Crippen molar-refractivity contribution in [2.75, 3.05) is 13.2 Å². The predicted octanol–water partition coefficient (Wildman–Crippen LogP) is -1.81. The molecule has 0 spiro atoms. The van der Waals surface area contributed by atoms with Gasteiger partial charge in [-0.3, -0.25) is 19.4 Å². The van der Waals surface area contributed by atoms with Gasteiger partial charge in [0.05, 0.1) is 6.61 Å². The van der Waals surface area contributed by atoms with Gasteiger partial charge in [-0.1, -0.05) is 50.6 Å². The topological polar surface area (TPSA) is 235 Å². The normalized spacial score (nSPS) is 14.8. The fourth-order valence-electron chi connectivity index (χ4n) is 3.40. The Morgan fingerprint density at radius 3 is 2.11 bits per heavy atom. The molecule has 1 rings (SSSR count). The van der Waals surface area contributed by atoms with Gasteiger partial charge in [-0.15, -0.1) is 0 Å². The molecule has 5 unspecified atom stereocenters. The molecule has 1 aromatic rings. The molecule has 5 atom stereocenters. The van der Waals surface area contributed by atoms with Crippen LogP contribution in [-0.4, -0.2) is 77.2 Å². The number of guanidine groups is 1. The molecular weight excluding hydrogens is 482 g/mol. The van der Waals surface area contributed by atoms with Crippen molar-refractivity contribution < 1.29 is 29.4 Å². The minimum atomic E-state index is -1.24. The highest BCUT2D eigenvalue weighted by Crippen LogP contribution is 2.10. The van der Waals surface area contributed by atoms with Crippen molar-refractivity contribution in [2.45, 2.75) is 63.7 Å². The molecule has 0 fully saturated rings. The average Bonchev–Trinajstić information content (AvgIpc) is 2.87. The van der Waals surface area contributed by atoms with E-state index >= 15 is 0 Å². The maximum absolute atomic E-state index is 13.3. The molecule has 13 heteroatoms. The highest BCUT2D eigenvalue weighted by molar-refractivity contribution is 5.94. The van der Waals surface area contributed by atoms with E-state index in [0.717, 1.165) is 5.56 Å². The van der Waals surface area contributed by atoms with Crippen LogP contribution < -0.4 is 33.2 Å². The molecule has 0 aromatic heterocycles. The predicted molar refractivity (Wildman–Crippen MR) is 138 cm³/mol. The third kappa shape index (κ3) is 11.3. The summed E-state index contributed by atoms with van der Waals surface area (Å²) >= 11 is 0. The zero-order valence-corrected chi connectivity index (χ0v) is 21.2. The van der Waals surface area contributed by atoms with Crippen molar-refractivity contribution in [3.05, 3.63) is 35.9 Å². The summed E-state index contributed by atoms with van der Waals surface area (Å²) in [7, 11) is 0. The molecular formula is C24H39N7O6. The highest BCUT2D eigenvalue weighted by Gasteiger charge is 2.31. The minimum Gasteiger partial charge on any atom is -0.480 e. The number of carboxylic acid groups (broad SMARTS) is 1. The third-order valence-electron chi connectivity index (χ3n) is 5.80. The number of rotatable bonds is 16. The largest absolute Gasteiger partial charge is 0.480 e. The van der Waals surface area contributed by atoms with Gasteiger partial charge in [0, 0.05) is 13.0 Å². The summed E-state index contributed by atoms with van der Waals surface area (Å²) in [6.07, 6.45) is 1.00. The first-order valence-corrected chi connectivity index (χ1v) is 12.1. The van der Waals surface area contributed by atoms with Gasteiger partial charge in [0.2, 0.25) is 17.7 Å². The van der Waals surface area contributed by atoms with Crippen LogP contribution in [0.15, 0.2) is 35.3 Å². The first-order valence-electron chi connectivity index (χ1n) is 12.1. The van der Waals surface area contributed by atoms with Crippen LogP contribution in [0.4, 0.5) is 0 Å². The lowest BCUT2D eigenvalue weighted by Crippen LogP contribution is -2.58. The fourth-order valence-corrected chi connectivity index (χ4v) is 3.40. The molecule has 0 heterocycles. The zero-order valence-electron chi connectivity index (χ0n) is 21.2. The number of aliphatic hydroxyl groups excluding tert-OH is 1. The second-order valence-electron chi connectivity index (χ2n) is 8.76. The number of carboxylic acids is 1. The van der Waals surface area contributed by atoms with Crippen LogP contribution >= 0.6 is 0 Å². The van der Waals surface area contributed by atoms with Crippen LogP contribution in [0, 0.1) is 5.92 Å². The van der Waals surface area contributed by atoms with Crippen LogP contribution in [0.1, 0.15) is 38.7 Å². The van der Waals surface area contributed by atoms with Crippen LogP contribution in [0.3, 0.4) is 0 Å². The molecule has 1 aromatic carbocycles. The van der Waals surface area contributed by atoms with Crippen molar-refractivity contribution in [1.29, 1.82) is 0 Å². The fraction of sp³-hybridized carbons (Fsp3) is 0.542. The molecule has 0 aliphatic heterocycles. The smallest absolute Gasteiger partial charge is 0.326 e. The third-order valence-corrected chi connectivity index (χ3v) is 5.80. The number of carbonyl (C=O) groups excluding carboxylic acids is 3. The molecule has 37 heavy (non-hydrogen) atoms. The average molecular weight is 522 g/mol. The number of hydrogen-bond acceptors (Lipinski definition) is 7. The van der Waals surface area contributed by atoms with E-state index in [9.17, 15) is 29.4 Å². The summed E-state index contributed by atoms with van der Waals surface area (Å²) in [5.41, 5.74) is 17.0. The molecule has 11 N–H and O–H groups in total.